The van der Waals surface area contributed by atoms with Gasteiger partial charge in [0, 0.05) is 34.8 Å². The molecule has 0 aliphatic carbocycles. The van der Waals surface area contributed by atoms with Crippen LogP contribution < -0.4 is 10.1 Å². The van der Waals surface area contributed by atoms with Crippen molar-refractivity contribution in [3.8, 4) is 45.1 Å². The number of piperidine rings is 1. The number of rotatable bonds is 5. The number of halogens is 1. The maximum atomic E-state index is 14.0. The molecule has 0 bridgehead atoms. The Morgan fingerprint density at radius 2 is 1.79 bits per heavy atom. The van der Waals surface area contributed by atoms with Crippen LogP contribution in [0.25, 0.3) is 55.6 Å². The van der Waals surface area contributed by atoms with E-state index in [2.05, 4.69) is 36.5 Å². The maximum absolute atomic E-state index is 14.0. The van der Waals surface area contributed by atoms with Crippen LogP contribution in [0.5, 0.6) is 11.5 Å². The average Bonchev–Trinajstić information content (AvgIpc) is 3.57. The van der Waals surface area contributed by atoms with E-state index in [0.29, 0.717) is 11.2 Å². The van der Waals surface area contributed by atoms with Gasteiger partial charge in [0.05, 0.1) is 17.4 Å². The molecule has 1 aliphatic rings. The van der Waals surface area contributed by atoms with Crippen molar-refractivity contribution in [2.45, 2.75) is 18.9 Å². The summed E-state index contributed by atoms with van der Waals surface area (Å²) < 4.78 is 20.2. The first kappa shape index (κ1) is 23.4. The van der Waals surface area contributed by atoms with Gasteiger partial charge in [0.25, 0.3) is 0 Å². The van der Waals surface area contributed by atoms with Gasteiger partial charge in [-0.15, -0.1) is 0 Å². The molecule has 2 aromatic carbocycles. The molecule has 1 aliphatic heterocycles. The molecule has 0 atom stereocenters. The van der Waals surface area contributed by atoms with Crippen LogP contribution in [0, 0.1) is 5.82 Å². The average molecular weight is 521 g/mol. The molecule has 1 fully saturated rings. The van der Waals surface area contributed by atoms with E-state index in [9.17, 15) is 9.50 Å². The third-order valence-electron chi connectivity index (χ3n) is 7.18. The number of hydrogen-bond donors (Lipinski definition) is 4. The Hall–Kier alpha value is -4.76. The maximum Gasteiger partial charge on any atom is 0.138 e. The van der Waals surface area contributed by atoms with Gasteiger partial charge in [-0.05, 0) is 85.1 Å². The van der Waals surface area contributed by atoms with Crippen molar-refractivity contribution < 1.29 is 14.2 Å². The van der Waals surface area contributed by atoms with Crippen LogP contribution in [0.3, 0.4) is 0 Å². The number of aromatic nitrogens is 5. The van der Waals surface area contributed by atoms with Crippen molar-refractivity contribution in [3.05, 3.63) is 79.0 Å². The van der Waals surface area contributed by atoms with E-state index in [4.69, 9.17) is 4.74 Å². The number of hydrogen-bond acceptors (Lipinski definition) is 6. The minimum Gasteiger partial charge on any atom is -0.508 e. The molecule has 194 valence electrons. The Kier molecular flexibility index (Phi) is 5.70. The Morgan fingerprint density at radius 1 is 0.897 bits per heavy atom. The van der Waals surface area contributed by atoms with E-state index in [0.717, 1.165) is 82.1 Å². The van der Waals surface area contributed by atoms with Crippen LogP contribution in [-0.2, 0) is 0 Å². The molecule has 39 heavy (non-hydrogen) atoms. The molecule has 0 unspecified atom stereocenters. The normalized spacial score (nSPS) is 14.3. The van der Waals surface area contributed by atoms with E-state index in [1.807, 2.05) is 30.5 Å². The molecule has 9 heteroatoms. The zero-order valence-corrected chi connectivity index (χ0v) is 20.9. The smallest absolute Gasteiger partial charge is 0.138 e. The molecular formula is C30H25FN6O2. The van der Waals surface area contributed by atoms with Crippen molar-refractivity contribution in [3.63, 3.8) is 0 Å². The second-order valence-electron chi connectivity index (χ2n) is 9.81. The van der Waals surface area contributed by atoms with Gasteiger partial charge in [-0.2, -0.15) is 5.10 Å². The van der Waals surface area contributed by atoms with Gasteiger partial charge in [-0.25, -0.2) is 9.37 Å². The number of aromatic hydroxyl groups is 1. The largest absolute Gasteiger partial charge is 0.508 e. The van der Waals surface area contributed by atoms with Crippen molar-refractivity contribution in [2.75, 3.05) is 13.1 Å². The number of phenols is 1. The summed E-state index contributed by atoms with van der Waals surface area (Å²) >= 11 is 0. The van der Waals surface area contributed by atoms with Crippen LogP contribution >= 0.6 is 0 Å². The first-order valence-corrected chi connectivity index (χ1v) is 12.9. The van der Waals surface area contributed by atoms with E-state index in [1.54, 1.807) is 18.5 Å². The fraction of sp³-hybridized carbons (Fsp3) is 0.167. The van der Waals surface area contributed by atoms with Gasteiger partial charge in [-0.3, -0.25) is 10.1 Å². The van der Waals surface area contributed by atoms with Crippen LogP contribution in [0.4, 0.5) is 4.39 Å². The first-order chi connectivity index (χ1) is 19.1. The van der Waals surface area contributed by atoms with Crippen molar-refractivity contribution in [2.24, 2.45) is 0 Å². The van der Waals surface area contributed by atoms with Crippen molar-refractivity contribution in [1.82, 2.24) is 30.5 Å². The Bertz CT molecular complexity index is 1800. The quantitative estimate of drug-likeness (QED) is 0.228. The Morgan fingerprint density at radius 3 is 2.67 bits per heavy atom. The van der Waals surface area contributed by atoms with Gasteiger partial charge in [0.1, 0.15) is 34.8 Å². The highest BCUT2D eigenvalue weighted by Crippen LogP contribution is 2.36. The third kappa shape index (κ3) is 4.46. The summed E-state index contributed by atoms with van der Waals surface area (Å²) in [6.45, 7) is 1.93. The molecule has 4 N–H and O–H groups in total. The first-order valence-electron chi connectivity index (χ1n) is 12.9. The van der Waals surface area contributed by atoms with Crippen molar-refractivity contribution >= 4 is 21.9 Å². The van der Waals surface area contributed by atoms with Gasteiger partial charge in [0.15, 0.2) is 0 Å². The second kappa shape index (κ2) is 9.52. The fourth-order valence-corrected chi connectivity index (χ4v) is 5.28. The Balaban J connectivity index is 1.26. The molecule has 1 saturated heterocycles. The number of ether oxygens (including phenoxy) is 1. The standard InChI is InChI=1S/C30H25FN6O2/c31-20-9-18(10-21(38)13-20)24-5-8-34-30-25(24)14-28(35-30)29-26-12-17(1-2-27(26)36-37-29)19-11-23(16-33-15-19)39-22-3-6-32-7-4-22/h1-2,5,8-16,22,32,38H,3-4,6-7H2,(H,34,35)(H,36,37). The number of H-pyrrole nitrogens is 2. The lowest BCUT2D eigenvalue weighted by Gasteiger charge is -2.23. The minimum absolute atomic E-state index is 0.128. The van der Waals surface area contributed by atoms with Gasteiger partial charge in [-0.1, -0.05) is 6.07 Å². The lowest BCUT2D eigenvalue weighted by molar-refractivity contribution is 0.162. The summed E-state index contributed by atoms with van der Waals surface area (Å²) in [6.07, 6.45) is 7.42. The fourth-order valence-electron chi connectivity index (χ4n) is 5.28. The van der Waals surface area contributed by atoms with E-state index in [-0.39, 0.29) is 11.9 Å². The summed E-state index contributed by atoms with van der Waals surface area (Å²) in [5.41, 5.74) is 6.34. The highest BCUT2D eigenvalue weighted by atomic mass is 19.1. The number of pyridine rings is 2. The topological polar surface area (TPSA) is 112 Å². The SMILES string of the molecule is Oc1cc(F)cc(-c2ccnc3[nH]c(-c4n[nH]c5ccc(-c6cncc(OC7CCNCC7)c6)cc45)cc23)c1. The van der Waals surface area contributed by atoms with Crippen LogP contribution in [0.1, 0.15) is 12.8 Å². The zero-order chi connectivity index (χ0) is 26.3. The molecule has 0 saturated carbocycles. The monoisotopic (exact) mass is 520 g/mol. The molecular weight excluding hydrogens is 495 g/mol. The minimum atomic E-state index is -0.503. The summed E-state index contributed by atoms with van der Waals surface area (Å²) in [7, 11) is 0. The zero-order valence-electron chi connectivity index (χ0n) is 20.9. The Labute approximate surface area is 222 Å². The number of aromatic amines is 2. The summed E-state index contributed by atoms with van der Waals surface area (Å²) in [5.74, 6) is 0.136. The summed E-state index contributed by atoms with van der Waals surface area (Å²) in [6, 6.07) is 15.9. The van der Waals surface area contributed by atoms with Crippen LogP contribution in [0.2, 0.25) is 0 Å². The van der Waals surface area contributed by atoms with E-state index in [1.165, 1.54) is 12.1 Å². The molecule has 0 radical (unpaired) electrons. The van der Waals surface area contributed by atoms with Gasteiger partial charge < -0.3 is 20.1 Å². The lowest BCUT2D eigenvalue weighted by Crippen LogP contribution is -2.34. The predicted octanol–water partition coefficient (Wildman–Crippen LogP) is 5.81. The number of nitrogens with one attached hydrogen (secondary N) is 3. The van der Waals surface area contributed by atoms with E-state index >= 15 is 0 Å². The summed E-state index contributed by atoms with van der Waals surface area (Å²) in [5, 5.41) is 22.7. The number of phenolic OH excluding ortho intramolecular Hbond substituents is 1. The number of nitrogens with zero attached hydrogens (tertiary/aromatic N) is 3. The van der Waals surface area contributed by atoms with Crippen LogP contribution in [-0.4, -0.2) is 49.4 Å². The molecule has 6 aromatic rings. The number of fused-ring (bicyclic) bond motifs is 2. The second-order valence-corrected chi connectivity index (χ2v) is 9.81. The highest BCUT2D eigenvalue weighted by molar-refractivity contribution is 6.00. The van der Waals surface area contributed by atoms with Crippen LogP contribution in [0.15, 0.2) is 73.2 Å². The molecule has 0 spiro atoms. The third-order valence-corrected chi connectivity index (χ3v) is 7.18. The highest BCUT2D eigenvalue weighted by Gasteiger charge is 2.17. The lowest BCUT2D eigenvalue weighted by atomic mass is 10.0. The molecule has 0 amide bonds. The van der Waals surface area contributed by atoms with Gasteiger partial charge >= 0.3 is 0 Å². The predicted molar refractivity (Wildman–Crippen MR) is 148 cm³/mol. The molecule has 5 heterocycles. The van der Waals surface area contributed by atoms with E-state index < -0.39 is 5.82 Å². The van der Waals surface area contributed by atoms with Crippen molar-refractivity contribution in [1.29, 1.82) is 0 Å². The molecule has 8 nitrogen and oxygen atoms in total. The van der Waals surface area contributed by atoms with Gasteiger partial charge in [0.2, 0.25) is 0 Å². The molecule has 7 rings (SSSR count). The summed E-state index contributed by atoms with van der Waals surface area (Å²) in [4.78, 5) is 12.3. The molecule has 4 aromatic heterocycles. The number of benzene rings is 2.